The van der Waals surface area contributed by atoms with E-state index in [-0.39, 0.29) is 30.1 Å². The van der Waals surface area contributed by atoms with Crippen molar-refractivity contribution in [1.82, 2.24) is 15.6 Å². The van der Waals surface area contributed by atoms with Gasteiger partial charge in [-0.25, -0.2) is 4.99 Å². The number of halogens is 1. The Hall–Kier alpha value is -3.01. The molecule has 1 atom stereocenters. The maximum Gasteiger partial charge on any atom is 0.191 e. The third-order valence-corrected chi connectivity index (χ3v) is 4.73. The number of nitrogens with zero attached hydrogens (tertiary/aromatic N) is 2. The van der Waals surface area contributed by atoms with Crippen LogP contribution in [0.4, 0.5) is 0 Å². The van der Waals surface area contributed by atoms with E-state index < -0.39 is 0 Å². The van der Waals surface area contributed by atoms with Gasteiger partial charge >= 0.3 is 0 Å². The first kappa shape index (κ1) is 27.2. The number of guanidine groups is 1. The van der Waals surface area contributed by atoms with E-state index in [9.17, 15) is 0 Å². The standard InChI is InChI=1S/C26H32N4O3.HI/c1-4-27-26(29-17-20(2)33-25-14-6-5-13-24(25)31-3)30-18-21-10-9-12-23(16-21)32-19-22-11-7-8-15-28-22;/h5-16,20H,4,17-19H2,1-3H3,(H2,27,29,30);1H. The van der Waals surface area contributed by atoms with Crippen LogP contribution in [0.15, 0.2) is 77.9 Å². The molecule has 2 aromatic carbocycles. The van der Waals surface area contributed by atoms with Crippen molar-refractivity contribution in [1.29, 1.82) is 0 Å². The van der Waals surface area contributed by atoms with E-state index in [1.54, 1.807) is 13.3 Å². The van der Waals surface area contributed by atoms with Crippen LogP contribution in [-0.2, 0) is 13.2 Å². The second kappa shape index (κ2) is 15.0. The topological polar surface area (TPSA) is 77.0 Å². The molecule has 0 fully saturated rings. The molecule has 8 heteroatoms. The molecule has 0 saturated carbocycles. The minimum atomic E-state index is -0.0755. The molecule has 0 aliphatic carbocycles. The Morgan fingerprint density at radius 2 is 1.79 bits per heavy atom. The Morgan fingerprint density at radius 3 is 2.53 bits per heavy atom. The van der Waals surface area contributed by atoms with Crippen LogP contribution in [0.5, 0.6) is 17.2 Å². The fraction of sp³-hybridized carbons (Fsp3) is 0.308. The Labute approximate surface area is 219 Å². The van der Waals surface area contributed by atoms with Gasteiger partial charge in [-0.05, 0) is 55.8 Å². The van der Waals surface area contributed by atoms with Crippen LogP contribution < -0.4 is 24.8 Å². The highest BCUT2D eigenvalue weighted by Crippen LogP contribution is 2.26. The first-order valence-corrected chi connectivity index (χ1v) is 11.1. The number of aromatic nitrogens is 1. The summed E-state index contributed by atoms with van der Waals surface area (Å²) in [6.45, 7) is 6.36. The number of aliphatic imine (C=N–C) groups is 1. The second-order valence-corrected chi connectivity index (χ2v) is 7.41. The number of hydrogen-bond donors (Lipinski definition) is 2. The Kier molecular flexibility index (Phi) is 12.0. The lowest BCUT2D eigenvalue weighted by atomic mass is 10.2. The van der Waals surface area contributed by atoms with Crippen molar-refractivity contribution >= 4 is 29.9 Å². The molecule has 3 aromatic rings. The van der Waals surface area contributed by atoms with Crippen LogP contribution in [0.25, 0.3) is 0 Å². The number of pyridine rings is 1. The summed E-state index contributed by atoms with van der Waals surface area (Å²) in [5, 5.41) is 6.62. The van der Waals surface area contributed by atoms with Gasteiger partial charge in [0.25, 0.3) is 0 Å². The third-order valence-electron chi connectivity index (χ3n) is 4.73. The lowest BCUT2D eigenvalue weighted by Gasteiger charge is -2.19. The first-order valence-electron chi connectivity index (χ1n) is 11.1. The van der Waals surface area contributed by atoms with E-state index in [0.717, 1.165) is 41.0 Å². The highest BCUT2D eigenvalue weighted by atomic mass is 127. The summed E-state index contributed by atoms with van der Waals surface area (Å²) in [5.74, 6) is 2.96. The summed E-state index contributed by atoms with van der Waals surface area (Å²) in [4.78, 5) is 8.99. The predicted octanol–water partition coefficient (Wildman–Crippen LogP) is 4.81. The van der Waals surface area contributed by atoms with Crippen molar-refractivity contribution in [3.8, 4) is 17.2 Å². The Bertz CT molecular complexity index is 1020. The largest absolute Gasteiger partial charge is 0.493 e. The monoisotopic (exact) mass is 576 g/mol. The minimum absolute atomic E-state index is 0. The van der Waals surface area contributed by atoms with Crippen molar-refractivity contribution in [2.75, 3.05) is 20.2 Å². The van der Waals surface area contributed by atoms with Crippen LogP contribution in [0.2, 0.25) is 0 Å². The molecule has 182 valence electrons. The van der Waals surface area contributed by atoms with Gasteiger partial charge in [0.1, 0.15) is 18.5 Å². The first-order chi connectivity index (χ1) is 16.2. The number of hydrogen-bond acceptors (Lipinski definition) is 5. The molecule has 7 nitrogen and oxygen atoms in total. The molecule has 1 unspecified atom stereocenters. The van der Waals surface area contributed by atoms with Gasteiger partial charge in [-0.1, -0.05) is 30.3 Å². The maximum atomic E-state index is 6.01. The Morgan fingerprint density at radius 1 is 1.00 bits per heavy atom. The van der Waals surface area contributed by atoms with E-state index in [0.29, 0.717) is 19.7 Å². The van der Waals surface area contributed by atoms with E-state index in [1.807, 2.05) is 80.6 Å². The van der Waals surface area contributed by atoms with Gasteiger partial charge in [0, 0.05) is 12.7 Å². The smallest absolute Gasteiger partial charge is 0.191 e. The fourth-order valence-corrected chi connectivity index (χ4v) is 3.10. The number of ether oxygens (including phenoxy) is 3. The SMILES string of the molecule is CCNC(=NCc1cccc(OCc2ccccn2)c1)NCC(C)Oc1ccccc1OC.I. The van der Waals surface area contributed by atoms with Gasteiger partial charge < -0.3 is 24.8 Å². The van der Waals surface area contributed by atoms with Crippen LogP contribution in [0.3, 0.4) is 0 Å². The Balaban J connectivity index is 0.00000408. The summed E-state index contributed by atoms with van der Waals surface area (Å²) in [6.07, 6.45) is 1.69. The fourth-order valence-electron chi connectivity index (χ4n) is 3.10. The van der Waals surface area contributed by atoms with Gasteiger partial charge in [-0.3, -0.25) is 4.98 Å². The molecule has 1 aromatic heterocycles. The zero-order valence-electron chi connectivity index (χ0n) is 19.9. The summed E-state index contributed by atoms with van der Waals surface area (Å²) in [7, 11) is 1.64. The lowest BCUT2D eigenvalue weighted by Crippen LogP contribution is -2.41. The lowest BCUT2D eigenvalue weighted by molar-refractivity contribution is 0.213. The van der Waals surface area contributed by atoms with Crippen LogP contribution in [0, 0.1) is 0 Å². The summed E-state index contributed by atoms with van der Waals surface area (Å²) in [5.41, 5.74) is 1.95. The molecular weight excluding hydrogens is 543 g/mol. The molecule has 1 heterocycles. The molecule has 0 amide bonds. The minimum Gasteiger partial charge on any atom is -0.493 e. The van der Waals surface area contributed by atoms with Crippen molar-refractivity contribution in [2.45, 2.75) is 33.1 Å². The molecule has 0 saturated heterocycles. The molecule has 0 aliphatic heterocycles. The molecule has 2 N–H and O–H groups in total. The number of para-hydroxylation sites is 2. The average molecular weight is 576 g/mol. The molecule has 0 spiro atoms. The predicted molar refractivity (Wildman–Crippen MR) is 146 cm³/mol. The number of rotatable bonds is 11. The number of nitrogens with one attached hydrogen (secondary N) is 2. The zero-order chi connectivity index (χ0) is 23.3. The van der Waals surface area contributed by atoms with Gasteiger partial charge in [0.15, 0.2) is 17.5 Å². The normalized spacial score (nSPS) is 11.7. The van der Waals surface area contributed by atoms with Crippen molar-refractivity contribution in [2.24, 2.45) is 4.99 Å². The molecule has 34 heavy (non-hydrogen) atoms. The van der Waals surface area contributed by atoms with E-state index in [1.165, 1.54) is 0 Å². The quantitative estimate of drug-likeness (QED) is 0.194. The molecular formula is C26H33IN4O3. The summed E-state index contributed by atoms with van der Waals surface area (Å²) < 4.78 is 17.2. The third kappa shape index (κ3) is 9.09. The van der Waals surface area contributed by atoms with Crippen molar-refractivity contribution < 1.29 is 14.2 Å². The van der Waals surface area contributed by atoms with Crippen LogP contribution in [0.1, 0.15) is 25.1 Å². The van der Waals surface area contributed by atoms with Crippen LogP contribution >= 0.6 is 24.0 Å². The van der Waals surface area contributed by atoms with Gasteiger partial charge in [-0.15, -0.1) is 24.0 Å². The van der Waals surface area contributed by atoms with Crippen LogP contribution in [-0.4, -0.2) is 37.2 Å². The molecule has 0 bridgehead atoms. The van der Waals surface area contributed by atoms with Crippen molar-refractivity contribution in [3.05, 3.63) is 84.2 Å². The highest BCUT2D eigenvalue weighted by Gasteiger charge is 2.09. The van der Waals surface area contributed by atoms with Gasteiger partial charge in [0.05, 0.1) is 25.9 Å². The highest BCUT2D eigenvalue weighted by molar-refractivity contribution is 14.0. The molecule has 0 aliphatic rings. The maximum absolute atomic E-state index is 6.01. The van der Waals surface area contributed by atoms with E-state index in [2.05, 4.69) is 15.6 Å². The summed E-state index contributed by atoms with van der Waals surface area (Å²) >= 11 is 0. The average Bonchev–Trinajstić information content (AvgIpc) is 2.85. The van der Waals surface area contributed by atoms with Crippen molar-refractivity contribution in [3.63, 3.8) is 0 Å². The van der Waals surface area contributed by atoms with Gasteiger partial charge in [0.2, 0.25) is 0 Å². The van der Waals surface area contributed by atoms with Gasteiger partial charge in [-0.2, -0.15) is 0 Å². The van der Waals surface area contributed by atoms with E-state index in [4.69, 9.17) is 19.2 Å². The summed E-state index contributed by atoms with van der Waals surface area (Å²) in [6, 6.07) is 21.4. The van der Waals surface area contributed by atoms with E-state index >= 15 is 0 Å². The number of methoxy groups -OCH3 is 1. The number of benzene rings is 2. The molecule has 3 rings (SSSR count). The zero-order valence-corrected chi connectivity index (χ0v) is 22.2. The molecule has 0 radical (unpaired) electrons. The second-order valence-electron chi connectivity index (χ2n) is 7.41.